The number of nitrogens with one attached hydrogen (secondary N) is 1. The molecule has 0 aliphatic rings. The predicted molar refractivity (Wildman–Crippen MR) is 126 cm³/mol. The number of hydrogen-bond acceptors (Lipinski definition) is 5. The molecule has 0 radical (unpaired) electrons. The maximum absolute atomic E-state index is 11.8. The van der Waals surface area contributed by atoms with Crippen LogP contribution in [0.25, 0.3) is 0 Å². The third-order valence-electron chi connectivity index (χ3n) is 4.89. The van der Waals surface area contributed by atoms with Gasteiger partial charge in [-0.05, 0) is 36.8 Å². The number of nitrogens with zero attached hydrogens (tertiary/aromatic N) is 2. The summed E-state index contributed by atoms with van der Waals surface area (Å²) in [6.07, 6.45) is 17.1. The van der Waals surface area contributed by atoms with Crippen LogP contribution in [0.15, 0.2) is 53.9 Å². The Bertz CT molecular complexity index is 748. The first-order valence-electron chi connectivity index (χ1n) is 11.4. The lowest BCUT2D eigenvalue weighted by molar-refractivity contribution is 0.167. The number of carbonyl (C=O) groups is 1. The number of anilines is 1. The quantitative estimate of drug-likeness (QED) is 0.145. The average Bonchev–Trinajstić information content (AvgIpc) is 2.79. The van der Waals surface area contributed by atoms with E-state index in [1.165, 1.54) is 64.0 Å². The molecule has 1 aromatic carbocycles. The standard InChI is InChI=1S/C25H35N3O3/c1-2-3-4-5-6-7-8-9-10-11-19-30-24-16-14-23(15-17-24)28-25(29)31-27-21-22-13-12-18-26-20-22/h12-18,20-21H,2-11,19H2,1H3,(H,28,29)/b27-21+. The van der Waals surface area contributed by atoms with Gasteiger partial charge in [0, 0.05) is 23.6 Å². The van der Waals surface area contributed by atoms with Crippen molar-refractivity contribution in [3.63, 3.8) is 0 Å². The van der Waals surface area contributed by atoms with Gasteiger partial charge in [-0.1, -0.05) is 75.9 Å². The molecular weight excluding hydrogens is 390 g/mol. The second-order valence-corrected chi connectivity index (χ2v) is 7.58. The van der Waals surface area contributed by atoms with Crippen LogP contribution >= 0.6 is 0 Å². The molecule has 1 aromatic heterocycles. The molecule has 1 heterocycles. The van der Waals surface area contributed by atoms with Crippen LogP contribution in [-0.4, -0.2) is 23.9 Å². The molecule has 0 atom stereocenters. The molecule has 0 unspecified atom stereocenters. The molecule has 0 fully saturated rings. The minimum absolute atomic E-state index is 0.618. The van der Waals surface area contributed by atoms with Gasteiger partial charge in [-0.3, -0.25) is 15.1 Å². The molecule has 31 heavy (non-hydrogen) atoms. The van der Waals surface area contributed by atoms with Gasteiger partial charge in [-0.15, -0.1) is 0 Å². The van der Waals surface area contributed by atoms with E-state index in [1.807, 2.05) is 18.2 Å². The van der Waals surface area contributed by atoms with Crippen LogP contribution in [0.3, 0.4) is 0 Å². The fourth-order valence-electron chi connectivity index (χ4n) is 3.14. The van der Waals surface area contributed by atoms with Crippen molar-refractivity contribution >= 4 is 18.0 Å². The lowest BCUT2D eigenvalue weighted by Crippen LogP contribution is -2.10. The fourth-order valence-corrected chi connectivity index (χ4v) is 3.14. The summed E-state index contributed by atoms with van der Waals surface area (Å²) in [5.41, 5.74) is 1.37. The van der Waals surface area contributed by atoms with E-state index in [9.17, 15) is 4.79 Å². The fraction of sp³-hybridized carbons (Fsp3) is 0.480. The van der Waals surface area contributed by atoms with Crippen LogP contribution < -0.4 is 10.1 Å². The van der Waals surface area contributed by atoms with Crippen LogP contribution in [0.1, 0.15) is 76.7 Å². The van der Waals surface area contributed by atoms with Gasteiger partial charge in [-0.25, -0.2) is 4.79 Å². The van der Waals surface area contributed by atoms with Crippen LogP contribution in [0.2, 0.25) is 0 Å². The summed E-state index contributed by atoms with van der Waals surface area (Å²) in [6, 6.07) is 10.8. The van der Waals surface area contributed by atoms with E-state index >= 15 is 0 Å². The number of ether oxygens (including phenoxy) is 1. The summed E-state index contributed by atoms with van der Waals surface area (Å²) in [5, 5.41) is 6.27. The van der Waals surface area contributed by atoms with E-state index in [0.29, 0.717) is 12.3 Å². The molecule has 1 amide bonds. The van der Waals surface area contributed by atoms with Crippen molar-refractivity contribution in [1.82, 2.24) is 4.98 Å². The Morgan fingerprint density at radius 2 is 1.65 bits per heavy atom. The van der Waals surface area contributed by atoms with Crippen LogP contribution in [0.5, 0.6) is 5.75 Å². The van der Waals surface area contributed by atoms with Crippen molar-refractivity contribution in [2.75, 3.05) is 11.9 Å². The summed E-state index contributed by atoms with van der Waals surface area (Å²) in [7, 11) is 0. The molecule has 0 bridgehead atoms. The molecular formula is C25H35N3O3. The van der Waals surface area contributed by atoms with Crippen LogP contribution in [-0.2, 0) is 4.84 Å². The van der Waals surface area contributed by atoms with Crippen molar-refractivity contribution in [2.24, 2.45) is 5.16 Å². The maximum atomic E-state index is 11.8. The third kappa shape index (κ3) is 11.8. The number of amides is 1. The SMILES string of the molecule is CCCCCCCCCCCCOc1ccc(NC(=O)O/N=C/c2cccnc2)cc1. The summed E-state index contributed by atoms with van der Waals surface area (Å²) >= 11 is 0. The highest BCUT2D eigenvalue weighted by molar-refractivity contribution is 5.85. The van der Waals surface area contributed by atoms with Crippen molar-refractivity contribution in [1.29, 1.82) is 0 Å². The summed E-state index contributed by atoms with van der Waals surface area (Å²) in [6.45, 7) is 2.97. The zero-order chi connectivity index (χ0) is 22.0. The van der Waals surface area contributed by atoms with E-state index < -0.39 is 6.09 Å². The highest BCUT2D eigenvalue weighted by Crippen LogP contribution is 2.17. The Labute approximate surface area is 186 Å². The van der Waals surface area contributed by atoms with Crippen molar-refractivity contribution in [3.05, 3.63) is 54.4 Å². The van der Waals surface area contributed by atoms with Gasteiger partial charge >= 0.3 is 6.09 Å². The van der Waals surface area contributed by atoms with Gasteiger partial charge in [0.1, 0.15) is 5.75 Å². The summed E-state index contributed by atoms with van der Waals surface area (Å²) in [4.78, 5) is 20.5. The van der Waals surface area contributed by atoms with Gasteiger partial charge in [0.05, 0.1) is 12.8 Å². The third-order valence-corrected chi connectivity index (χ3v) is 4.89. The molecule has 1 N–H and O–H groups in total. The number of rotatable bonds is 15. The van der Waals surface area contributed by atoms with Crippen LogP contribution in [0.4, 0.5) is 10.5 Å². The number of unbranched alkanes of at least 4 members (excludes halogenated alkanes) is 9. The van der Waals surface area contributed by atoms with Gasteiger partial charge in [0.2, 0.25) is 0 Å². The topological polar surface area (TPSA) is 72.8 Å². The Morgan fingerprint density at radius 1 is 0.968 bits per heavy atom. The normalized spacial score (nSPS) is 10.9. The van der Waals surface area contributed by atoms with Gasteiger partial charge in [0.15, 0.2) is 0 Å². The average molecular weight is 426 g/mol. The number of benzene rings is 1. The molecule has 0 aliphatic carbocycles. The number of aromatic nitrogens is 1. The highest BCUT2D eigenvalue weighted by atomic mass is 16.7. The molecule has 2 rings (SSSR count). The van der Waals surface area contributed by atoms with Gasteiger partial charge in [-0.2, -0.15) is 0 Å². The number of carbonyl (C=O) groups excluding carboxylic acids is 1. The lowest BCUT2D eigenvalue weighted by atomic mass is 10.1. The second-order valence-electron chi connectivity index (χ2n) is 7.58. The number of oxime groups is 1. The van der Waals surface area contributed by atoms with E-state index in [0.717, 1.165) is 17.7 Å². The number of pyridine rings is 1. The van der Waals surface area contributed by atoms with Crippen molar-refractivity contribution < 1.29 is 14.4 Å². The first-order chi connectivity index (χ1) is 15.3. The Balaban J connectivity index is 1.52. The smallest absolute Gasteiger partial charge is 0.437 e. The second kappa shape index (κ2) is 15.9. The van der Waals surface area contributed by atoms with Gasteiger partial charge in [0.25, 0.3) is 0 Å². The molecule has 0 aliphatic heterocycles. The molecule has 168 valence electrons. The Kier molecular flexibility index (Phi) is 12.5. The molecule has 6 nitrogen and oxygen atoms in total. The lowest BCUT2D eigenvalue weighted by Gasteiger charge is -2.08. The van der Waals surface area contributed by atoms with E-state index in [4.69, 9.17) is 9.57 Å². The minimum atomic E-state index is -0.654. The molecule has 0 spiro atoms. The largest absolute Gasteiger partial charge is 0.494 e. The molecule has 6 heteroatoms. The summed E-state index contributed by atoms with van der Waals surface area (Å²) < 4.78 is 5.78. The zero-order valence-electron chi connectivity index (χ0n) is 18.6. The Hall–Kier alpha value is -2.89. The highest BCUT2D eigenvalue weighted by Gasteiger charge is 2.03. The van der Waals surface area contributed by atoms with Crippen molar-refractivity contribution in [2.45, 2.75) is 71.1 Å². The predicted octanol–water partition coefficient (Wildman–Crippen LogP) is 6.96. The monoisotopic (exact) mass is 425 g/mol. The van der Waals surface area contributed by atoms with Gasteiger partial charge < -0.3 is 4.74 Å². The Morgan fingerprint density at radius 3 is 2.29 bits per heavy atom. The van der Waals surface area contributed by atoms with E-state index in [1.54, 1.807) is 30.6 Å². The van der Waals surface area contributed by atoms with Crippen molar-refractivity contribution in [3.8, 4) is 5.75 Å². The molecule has 0 saturated carbocycles. The zero-order valence-corrected chi connectivity index (χ0v) is 18.6. The van der Waals surface area contributed by atoms with E-state index in [-0.39, 0.29) is 0 Å². The molecule has 2 aromatic rings. The maximum Gasteiger partial charge on any atom is 0.437 e. The minimum Gasteiger partial charge on any atom is -0.494 e. The first-order valence-corrected chi connectivity index (χ1v) is 11.4. The summed E-state index contributed by atoms with van der Waals surface area (Å²) in [5.74, 6) is 0.796. The molecule has 0 saturated heterocycles. The van der Waals surface area contributed by atoms with E-state index in [2.05, 4.69) is 22.4 Å². The first kappa shape index (κ1) is 24.4. The van der Waals surface area contributed by atoms with Crippen LogP contribution in [0, 0.1) is 0 Å². The number of hydrogen-bond donors (Lipinski definition) is 1.